The molecular weight excluding hydrogens is 216 g/mol. The normalized spacial score (nSPS) is 18.8. The predicted molar refractivity (Wildman–Crippen MR) is 62.8 cm³/mol. The van der Waals surface area contributed by atoms with Crippen LogP contribution in [-0.2, 0) is 16.0 Å². The second-order valence-electron chi connectivity index (χ2n) is 4.20. The van der Waals surface area contributed by atoms with Crippen LogP contribution in [0, 0.1) is 0 Å². The fraction of sp³-hybridized carbons (Fsp3) is 0.231. The van der Waals surface area contributed by atoms with Gasteiger partial charge in [-0.3, -0.25) is 9.59 Å². The molecule has 17 heavy (non-hydrogen) atoms. The molecule has 1 aromatic rings. The van der Waals surface area contributed by atoms with Crippen LogP contribution < -0.4 is 5.32 Å². The number of amides is 2. The van der Waals surface area contributed by atoms with Gasteiger partial charge in [0.2, 0.25) is 11.8 Å². The minimum absolute atomic E-state index is 0.0448. The quantitative estimate of drug-likeness (QED) is 0.704. The Kier molecular flexibility index (Phi) is 2.21. The number of benzene rings is 1. The molecule has 3 rings (SSSR count). The third-order valence-electron chi connectivity index (χ3n) is 3.17. The highest BCUT2D eigenvalue weighted by atomic mass is 16.2. The molecule has 2 amide bonds. The number of fused-ring (bicyclic) bond motifs is 3. The van der Waals surface area contributed by atoms with Crippen LogP contribution in [0.25, 0.3) is 5.70 Å². The van der Waals surface area contributed by atoms with Gasteiger partial charge >= 0.3 is 0 Å². The first-order valence-corrected chi connectivity index (χ1v) is 5.64. The molecule has 0 bridgehead atoms. The van der Waals surface area contributed by atoms with Crippen molar-refractivity contribution in [2.45, 2.75) is 6.42 Å². The van der Waals surface area contributed by atoms with Crippen molar-refractivity contribution in [2.75, 3.05) is 13.1 Å². The standard InChI is InChI=1S/C13H12N2O2/c16-12-7-11-10-4-2-1-3-9(10)5-6-15(11)13(17)8-14-12/h1-4,7H,5-6,8H2,(H,14,16). The van der Waals surface area contributed by atoms with E-state index in [-0.39, 0.29) is 18.4 Å². The lowest BCUT2D eigenvalue weighted by molar-refractivity contribution is -0.128. The summed E-state index contributed by atoms with van der Waals surface area (Å²) in [7, 11) is 0. The van der Waals surface area contributed by atoms with Gasteiger partial charge in [-0.15, -0.1) is 0 Å². The molecule has 2 heterocycles. The highest BCUT2D eigenvalue weighted by Gasteiger charge is 2.28. The number of carbonyl (C=O) groups is 2. The SMILES string of the molecule is O=C1C=C2c3ccccc3CCN2C(=O)CN1. The van der Waals surface area contributed by atoms with E-state index in [1.54, 1.807) is 4.90 Å². The Bertz CT molecular complexity index is 534. The van der Waals surface area contributed by atoms with Gasteiger partial charge in [0.15, 0.2) is 0 Å². The fourth-order valence-corrected chi connectivity index (χ4v) is 2.33. The lowest BCUT2D eigenvalue weighted by Crippen LogP contribution is -2.38. The Balaban J connectivity index is 2.15. The van der Waals surface area contributed by atoms with Crippen molar-refractivity contribution in [2.24, 2.45) is 0 Å². The summed E-state index contributed by atoms with van der Waals surface area (Å²) < 4.78 is 0. The van der Waals surface area contributed by atoms with Gasteiger partial charge in [0.05, 0.1) is 12.2 Å². The molecule has 86 valence electrons. The second kappa shape index (κ2) is 3.73. The maximum Gasteiger partial charge on any atom is 0.246 e. The molecule has 2 aliphatic heterocycles. The minimum Gasteiger partial charge on any atom is -0.343 e. The first-order chi connectivity index (χ1) is 8.25. The molecule has 0 atom stereocenters. The zero-order valence-electron chi connectivity index (χ0n) is 9.27. The van der Waals surface area contributed by atoms with Crippen LogP contribution in [0.1, 0.15) is 11.1 Å². The zero-order valence-corrected chi connectivity index (χ0v) is 9.27. The summed E-state index contributed by atoms with van der Waals surface area (Å²) in [6.07, 6.45) is 2.36. The Labute approximate surface area is 98.9 Å². The van der Waals surface area contributed by atoms with E-state index in [0.29, 0.717) is 6.54 Å². The van der Waals surface area contributed by atoms with E-state index < -0.39 is 0 Å². The van der Waals surface area contributed by atoms with Crippen LogP contribution in [0.3, 0.4) is 0 Å². The summed E-state index contributed by atoms with van der Waals surface area (Å²) in [6, 6.07) is 7.91. The molecule has 0 saturated carbocycles. The van der Waals surface area contributed by atoms with E-state index in [2.05, 4.69) is 5.32 Å². The van der Waals surface area contributed by atoms with Crippen LogP contribution in [0.2, 0.25) is 0 Å². The summed E-state index contributed by atoms with van der Waals surface area (Å²) in [5.41, 5.74) is 2.91. The van der Waals surface area contributed by atoms with Gasteiger partial charge in [0.25, 0.3) is 0 Å². The lowest BCUT2D eigenvalue weighted by Gasteiger charge is -2.30. The number of nitrogens with zero attached hydrogens (tertiary/aromatic N) is 1. The Morgan fingerprint density at radius 3 is 2.88 bits per heavy atom. The summed E-state index contributed by atoms with van der Waals surface area (Å²) in [5, 5.41) is 2.57. The van der Waals surface area contributed by atoms with Gasteiger partial charge in [0, 0.05) is 18.2 Å². The van der Waals surface area contributed by atoms with Crippen LogP contribution >= 0.6 is 0 Å². The first-order valence-electron chi connectivity index (χ1n) is 5.64. The number of rotatable bonds is 0. The van der Waals surface area contributed by atoms with Crippen molar-refractivity contribution in [3.8, 4) is 0 Å². The van der Waals surface area contributed by atoms with E-state index in [0.717, 1.165) is 17.7 Å². The van der Waals surface area contributed by atoms with Gasteiger partial charge in [0.1, 0.15) is 0 Å². The minimum atomic E-state index is -0.201. The smallest absolute Gasteiger partial charge is 0.246 e. The summed E-state index contributed by atoms with van der Waals surface area (Å²) in [6.45, 7) is 0.734. The highest BCUT2D eigenvalue weighted by molar-refractivity contribution is 6.03. The second-order valence-corrected chi connectivity index (χ2v) is 4.20. The fourth-order valence-electron chi connectivity index (χ4n) is 2.33. The molecule has 0 radical (unpaired) electrons. The van der Waals surface area contributed by atoms with E-state index in [1.807, 2.05) is 24.3 Å². The van der Waals surface area contributed by atoms with E-state index in [1.165, 1.54) is 11.6 Å². The number of hydrogen-bond acceptors (Lipinski definition) is 2. The largest absolute Gasteiger partial charge is 0.343 e. The van der Waals surface area contributed by atoms with E-state index in [9.17, 15) is 9.59 Å². The van der Waals surface area contributed by atoms with Crippen LogP contribution in [0.15, 0.2) is 30.3 Å². The highest BCUT2D eigenvalue weighted by Crippen LogP contribution is 2.29. The third-order valence-corrected chi connectivity index (χ3v) is 3.17. The molecule has 0 saturated heterocycles. The summed E-state index contributed by atoms with van der Waals surface area (Å²) in [5.74, 6) is -0.246. The van der Waals surface area contributed by atoms with Crippen molar-refractivity contribution in [3.63, 3.8) is 0 Å². The molecule has 4 heteroatoms. The first kappa shape index (κ1) is 10.1. The van der Waals surface area contributed by atoms with E-state index in [4.69, 9.17) is 0 Å². The molecule has 4 nitrogen and oxygen atoms in total. The molecule has 2 aliphatic rings. The molecular formula is C13H12N2O2. The number of hydrogen-bond donors (Lipinski definition) is 1. The zero-order chi connectivity index (χ0) is 11.8. The molecule has 1 aromatic carbocycles. The van der Waals surface area contributed by atoms with Crippen LogP contribution in [-0.4, -0.2) is 29.8 Å². The van der Waals surface area contributed by atoms with Gasteiger partial charge in [-0.1, -0.05) is 24.3 Å². The molecule has 1 N–H and O–H groups in total. The van der Waals surface area contributed by atoms with Gasteiger partial charge in [-0.2, -0.15) is 0 Å². The Morgan fingerprint density at radius 2 is 2.00 bits per heavy atom. The van der Waals surface area contributed by atoms with Crippen molar-refractivity contribution in [3.05, 3.63) is 41.5 Å². The summed E-state index contributed by atoms with van der Waals surface area (Å²) >= 11 is 0. The van der Waals surface area contributed by atoms with Crippen LogP contribution in [0.5, 0.6) is 0 Å². The average molecular weight is 228 g/mol. The average Bonchev–Trinajstić information content (AvgIpc) is 2.50. The van der Waals surface area contributed by atoms with Gasteiger partial charge < -0.3 is 10.2 Å². The van der Waals surface area contributed by atoms with Crippen LogP contribution in [0.4, 0.5) is 0 Å². The van der Waals surface area contributed by atoms with Crippen molar-refractivity contribution in [1.29, 1.82) is 0 Å². The lowest BCUT2D eigenvalue weighted by atomic mass is 9.96. The Morgan fingerprint density at radius 1 is 1.18 bits per heavy atom. The molecule has 0 fully saturated rings. The summed E-state index contributed by atoms with van der Waals surface area (Å²) in [4.78, 5) is 25.1. The van der Waals surface area contributed by atoms with Gasteiger partial charge in [-0.25, -0.2) is 0 Å². The molecule has 0 spiro atoms. The number of nitrogens with one attached hydrogen (secondary N) is 1. The predicted octanol–water partition coefficient (Wildman–Crippen LogP) is 0.542. The Hall–Kier alpha value is -2.10. The van der Waals surface area contributed by atoms with Crippen molar-refractivity contribution < 1.29 is 9.59 Å². The van der Waals surface area contributed by atoms with Crippen molar-refractivity contribution in [1.82, 2.24) is 10.2 Å². The van der Waals surface area contributed by atoms with E-state index >= 15 is 0 Å². The maximum absolute atomic E-state index is 11.9. The maximum atomic E-state index is 11.9. The van der Waals surface area contributed by atoms with Crippen molar-refractivity contribution >= 4 is 17.5 Å². The monoisotopic (exact) mass is 228 g/mol. The molecule has 0 aliphatic carbocycles. The topological polar surface area (TPSA) is 49.4 Å². The molecule has 0 aromatic heterocycles. The third kappa shape index (κ3) is 1.62. The molecule has 0 unspecified atom stereocenters. The number of carbonyl (C=O) groups excluding carboxylic acids is 2. The van der Waals surface area contributed by atoms with Gasteiger partial charge in [-0.05, 0) is 12.0 Å².